The predicted molar refractivity (Wildman–Crippen MR) is 129 cm³/mol. The molecule has 0 aliphatic heterocycles. The maximum absolute atomic E-state index is 12.3. The number of hydrogen-bond acceptors (Lipinski definition) is 5. The molecular weight excluding hydrogens is 436 g/mol. The van der Waals surface area contributed by atoms with Gasteiger partial charge in [0.2, 0.25) is 5.91 Å². The van der Waals surface area contributed by atoms with Crippen molar-refractivity contribution in [1.82, 2.24) is 25.1 Å². The number of rotatable bonds is 6. The normalized spacial score (nSPS) is 23.3. The number of carbonyl (C=O) groups excluding carboxylic acids is 1. The molecule has 1 amide bonds. The third kappa shape index (κ3) is 4.31. The van der Waals surface area contributed by atoms with Gasteiger partial charge in [0.05, 0.1) is 17.3 Å². The van der Waals surface area contributed by atoms with E-state index in [0.717, 1.165) is 79.7 Å². The van der Waals surface area contributed by atoms with Gasteiger partial charge in [-0.3, -0.25) is 4.79 Å². The molecule has 1 aromatic carbocycles. The lowest BCUT2D eigenvalue weighted by molar-refractivity contribution is -0.128. The Bertz CT molecular complexity index is 1180. The molecule has 3 aliphatic carbocycles. The van der Waals surface area contributed by atoms with Crippen molar-refractivity contribution >= 4 is 34.4 Å². The van der Waals surface area contributed by atoms with Gasteiger partial charge in [-0.2, -0.15) is 5.10 Å². The number of carbonyl (C=O) groups is 1. The van der Waals surface area contributed by atoms with Gasteiger partial charge in [0.1, 0.15) is 11.6 Å². The maximum Gasteiger partial charge on any atom is 0.223 e. The van der Waals surface area contributed by atoms with Crippen LogP contribution in [-0.4, -0.2) is 37.7 Å². The Morgan fingerprint density at radius 3 is 2.48 bits per heavy atom. The predicted octanol–water partition coefficient (Wildman–Crippen LogP) is 4.99. The lowest BCUT2D eigenvalue weighted by Crippen LogP contribution is -2.44. The van der Waals surface area contributed by atoms with Gasteiger partial charge in [0.15, 0.2) is 5.65 Å². The molecule has 0 spiro atoms. The van der Waals surface area contributed by atoms with Gasteiger partial charge in [-0.1, -0.05) is 24.1 Å². The van der Waals surface area contributed by atoms with Crippen molar-refractivity contribution in [1.29, 1.82) is 0 Å². The molecule has 2 N–H and O–H groups in total. The molecule has 3 aliphatic rings. The van der Waals surface area contributed by atoms with Crippen molar-refractivity contribution in [2.75, 3.05) is 5.32 Å². The number of halogens is 1. The molecular formula is C25H29ClN6O. The number of nitrogens with one attached hydrogen (secondary N) is 2. The molecule has 3 fully saturated rings. The van der Waals surface area contributed by atoms with Crippen LogP contribution in [0.3, 0.4) is 0 Å². The monoisotopic (exact) mass is 464 g/mol. The average molecular weight is 465 g/mol. The van der Waals surface area contributed by atoms with E-state index in [9.17, 15) is 4.79 Å². The molecule has 33 heavy (non-hydrogen) atoms. The molecule has 0 bridgehead atoms. The Kier molecular flexibility index (Phi) is 5.45. The van der Waals surface area contributed by atoms with Gasteiger partial charge in [0.25, 0.3) is 0 Å². The van der Waals surface area contributed by atoms with Crippen LogP contribution in [0.25, 0.3) is 16.7 Å². The second-order valence-corrected chi connectivity index (χ2v) is 10.2. The Balaban J connectivity index is 1.21. The van der Waals surface area contributed by atoms with E-state index >= 15 is 0 Å². The number of fused-ring (bicyclic) bond motifs is 1. The van der Waals surface area contributed by atoms with E-state index in [2.05, 4.69) is 15.7 Å². The first-order chi connectivity index (χ1) is 16.1. The molecule has 2 heterocycles. The Hall–Kier alpha value is -2.67. The first kappa shape index (κ1) is 20.9. The number of anilines is 1. The zero-order valence-corrected chi connectivity index (χ0v) is 19.4. The van der Waals surface area contributed by atoms with E-state index in [1.807, 2.05) is 35.1 Å². The fourth-order valence-electron chi connectivity index (χ4n) is 4.92. The average Bonchev–Trinajstić information content (AvgIpc) is 3.53. The molecule has 3 saturated carbocycles. The second kappa shape index (κ2) is 8.60. The highest BCUT2D eigenvalue weighted by Gasteiger charge is 2.31. The minimum atomic E-state index is 0.257. The summed E-state index contributed by atoms with van der Waals surface area (Å²) in [5, 5.41) is 13.2. The van der Waals surface area contributed by atoms with Gasteiger partial charge >= 0.3 is 0 Å². The molecule has 6 rings (SSSR count). The van der Waals surface area contributed by atoms with Crippen molar-refractivity contribution in [3.8, 4) is 5.69 Å². The van der Waals surface area contributed by atoms with E-state index in [1.54, 1.807) is 0 Å². The van der Waals surface area contributed by atoms with E-state index in [1.165, 1.54) is 6.42 Å². The topological polar surface area (TPSA) is 84.7 Å². The van der Waals surface area contributed by atoms with Crippen LogP contribution in [0, 0.1) is 5.92 Å². The van der Waals surface area contributed by atoms with Crippen LogP contribution in [0.15, 0.2) is 30.5 Å². The van der Waals surface area contributed by atoms with Crippen molar-refractivity contribution in [2.45, 2.75) is 75.8 Å². The molecule has 7 nitrogen and oxygen atoms in total. The zero-order valence-electron chi connectivity index (χ0n) is 18.6. The number of aromatic nitrogens is 4. The summed E-state index contributed by atoms with van der Waals surface area (Å²) in [6.45, 7) is 0. The highest BCUT2D eigenvalue weighted by molar-refractivity contribution is 6.30. The maximum atomic E-state index is 12.3. The first-order valence-electron chi connectivity index (χ1n) is 12.2. The smallest absolute Gasteiger partial charge is 0.223 e. The Labute approximate surface area is 198 Å². The summed E-state index contributed by atoms with van der Waals surface area (Å²) in [5.41, 5.74) is 1.71. The summed E-state index contributed by atoms with van der Waals surface area (Å²) in [5.74, 6) is 2.73. The molecule has 0 radical (unpaired) electrons. The van der Waals surface area contributed by atoms with Gasteiger partial charge in [-0.05, 0) is 69.6 Å². The molecule has 3 aromatic rings. The number of amides is 1. The number of hydrogen-bond donors (Lipinski definition) is 2. The summed E-state index contributed by atoms with van der Waals surface area (Å²) in [4.78, 5) is 22.1. The van der Waals surface area contributed by atoms with Crippen LogP contribution in [0.1, 0.15) is 69.5 Å². The summed E-state index contributed by atoms with van der Waals surface area (Å²) in [6.07, 6.45) is 11.5. The Morgan fingerprint density at radius 1 is 1.00 bits per heavy atom. The SMILES string of the molecule is O=C(NC1CCC(Nc2nc(C3CC3)nc3c2cnn3-c2cccc(Cl)c2)CC1)C1CCC1. The van der Waals surface area contributed by atoms with Crippen molar-refractivity contribution < 1.29 is 4.79 Å². The number of benzene rings is 1. The second-order valence-electron chi connectivity index (χ2n) is 9.81. The summed E-state index contributed by atoms with van der Waals surface area (Å²) >= 11 is 6.22. The minimum Gasteiger partial charge on any atom is -0.367 e. The van der Waals surface area contributed by atoms with Crippen LogP contribution in [0.4, 0.5) is 5.82 Å². The van der Waals surface area contributed by atoms with E-state index in [4.69, 9.17) is 21.6 Å². The lowest BCUT2D eigenvalue weighted by Gasteiger charge is -2.32. The first-order valence-corrected chi connectivity index (χ1v) is 12.6. The molecule has 0 unspecified atom stereocenters. The Morgan fingerprint density at radius 2 is 1.79 bits per heavy atom. The van der Waals surface area contributed by atoms with Crippen LogP contribution < -0.4 is 10.6 Å². The molecule has 0 saturated heterocycles. The van der Waals surface area contributed by atoms with Crippen LogP contribution in [0.2, 0.25) is 5.02 Å². The van der Waals surface area contributed by atoms with E-state index < -0.39 is 0 Å². The van der Waals surface area contributed by atoms with Crippen LogP contribution in [0.5, 0.6) is 0 Å². The molecule has 8 heteroatoms. The van der Waals surface area contributed by atoms with Crippen molar-refractivity contribution in [3.63, 3.8) is 0 Å². The molecule has 172 valence electrons. The fraction of sp³-hybridized carbons (Fsp3) is 0.520. The minimum absolute atomic E-state index is 0.257. The number of nitrogens with zero attached hydrogens (tertiary/aromatic N) is 4. The highest BCUT2D eigenvalue weighted by atomic mass is 35.5. The highest BCUT2D eigenvalue weighted by Crippen LogP contribution is 2.40. The zero-order chi connectivity index (χ0) is 22.4. The quantitative estimate of drug-likeness (QED) is 0.537. The van der Waals surface area contributed by atoms with Gasteiger partial charge in [-0.15, -0.1) is 0 Å². The van der Waals surface area contributed by atoms with Crippen LogP contribution >= 0.6 is 11.6 Å². The third-order valence-electron chi connectivity index (χ3n) is 7.33. The molecule has 0 atom stereocenters. The summed E-state index contributed by atoms with van der Waals surface area (Å²) < 4.78 is 1.85. The largest absolute Gasteiger partial charge is 0.367 e. The standard InChI is InChI=1S/C25H29ClN6O/c26-17-5-2-6-20(13-17)32-24-21(14-27-32)23(30-22(31-24)15-7-8-15)28-18-9-11-19(12-10-18)29-25(33)16-3-1-4-16/h2,5-6,13-16,18-19H,1,3-4,7-12H2,(H,29,33)(H,28,30,31). The molecule has 2 aromatic heterocycles. The van der Waals surface area contributed by atoms with Crippen molar-refractivity contribution in [3.05, 3.63) is 41.3 Å². The lowest BCUT2D eigenvalue weighted by atomic mass is 9.84. The van der Waals surface area contributed by atoms with Gasteiger partial charge in [-0.25, -0.2) is 14.6 Å². The van der Waals surface area contributed by atoms with E-state index in [-0.39, 0.29) is 11.8 Å². The van der Waals surface area contributed by atoms with Crippen LogP contribution in [-0.2, 0) is 4.79 Å². The van der Waals surface area contributed by atoms with Crippen molar-refractivity contribution in [2.24, 2.45) is 5.92 Å². The van der Waals surface area contributed by atoms with E-state index in [0.29, 0.717) is 23.0 Å². The van der Waals surface area contributed by atoms with Gasteiger partial charge in [0, 0.05) is 28.9 Å². The summed E-state index contributed by atoms with van der Waals surface area (Å²) in [7, 11) is 0. The summed E-state index contributed by atoms with van der Waals surface area (Å²) in [6, 6.07) is 8.31. The fourth-order valence-corrected chi connectivity index (χ4v) is 5.11. The third-order valence-corrected chi connectivity index (χ3v) is 7.57. The van der Waals surface area contributed by atoms with Gasteiger partial charge < -0.3 is 10.6 Å².